The Morgan fingerprint density at radius 3 is 2.52 bits per heavy atom. The molecular formula is C20H32N2O11. The van der Waals surface area contributed by atoms with E-state index < -0.39 is 73.1 Å². The van der Waals surface area contributed by atoms with Gasteiger partial charge in [-0.15, -0.1) is 0 Å². The number of aliphatic hydroxyl groups is 4. The summed E-state index contributed by atoms with van der Waals surface area (Å²) in [5, 5.41) is 46.2. The summed E-state index contributed by atoms with van der Waals surface area (Å²) < 4.78 is 22.0. The molecular weight excluding hydrogens is 444 g/mol. The molecule has 8 unspecified atom stereocenters. The average Bonchev–Trinajstić information content (AvgIpc) is 2.82. The number of hydrogen-bond donors (Lipinski definition) is 6. The Hall–Kier alpha value is -1.71. The van der Waals surface area contributed by atoms with Gasteiger partial charge in [0.1, 0.15) is 49.1 Å². The highest BCUT2D eigenvalue weighted by molar-refractivity contribution is 5.89. The predicted molar refractivity (Wildman–Crippen MR) is 107 cm³/mol. The molecule has 13 nitrogen and oxygen atoms in total. The number of fused-ring (bicyclic) bond motifs is 8. The highest BCUT2D eigenvalue weighted by Crippen LogP contribution is 2.27. The van der Waals surface area contributed by atoms with Crippen molar-refractivity contribution in [2.24, 2.45) is 5.92 Å². The second kappa shape index (κ2) is 11.1. The van der Waals surface area contributed by atoms with Gasteiger partial charge < -0.3 is 49.5 Å². The van der Waals surface area contributed by atoms with Crippen molar-refractivity contribution in [2.75, 3.05) is 13.2 Å². The van der Waals surface area contributed by atoms with Gasteiger partial charge in [0.25, 0.3) is 0 Å². The Kier molecular flexibility index (Phi) is 8.75. The maximum atomic E-state index is 12.9. The normalized spacial score (nSPS) is 43.2. The third-order valence-corrected chi connectivity index (χ3v) is 6.24. The smallest absolute Gasteiger partial charge is 0.329 e. The Labute approximate surface area is 190 Å². The van der Waals surface area contributed by atoms with Crippen LogP contribution in [0.15, 0.2) is 0 Å². The maximum absolute atomic E-state index is 12.9. The van der Waals surface area contributed by atoms with E-state index >= 15 is 0 Å². The van der Waals surface area contributed by atoms with Crippen molar-refractivity contribution >= 4 is 18.2 Å². The van der Waals surface area contributed by atoms with Gasteiger partial charge in [-0.05, 0) is 5.92 Å². The molecule has 4 heterocycles. The van der Waals surface area contributed by atoms with Crippen LogP contribution in [0.5, 0.6) is 0 Å². The van der Waals surface area contributed by atoms with Crippen molar-refractivity contribution in [3.63, 3.8) is 0 Å². The van der Waals surface area contributed by atoms with E-state index in [1.807, 2.05) is 6.92 Å². The van der Waals surface area contributed by atoms with E-state index in [4.69, 9.17) is 18.9 Å². The van der Waals surface area contributed by atoms with Crippen molar-refractivity contribution in [3.8, 4) is 0 Å². The molecule has 33 heavy (non-hydrogen) atoms. The fraction of sp³-hybridized carbons (Fsp3) is 0.850. The van der Waals surface area contributed by atoms with Gasteiger partial charge in [0.15, 0.2) is 12.4 Å². The Morgan fingerprint density at radius 2 is 1.85 bits per heavy atom. The number of aldehydes is 1. The van der Waals surface area contributed by atoms with Crippen LogP contribution in [-0.2, 0) is 33.3 Å². The third-order valence-electron chi connectivity index (χ3n) is 6.24. The van der Waals surface area contributed by atoms with Crippen LogP contribution in [0.1, 0.15) is 26.7 Å². The quantitative estimate of drug-likeness (QED) is 0.126. The lowest BCUT2D eigenvalue weighted by Gasteiger charge is -2.44. The number of hydrogen-bond acceptors (Lipinski definition) is 12. The second-order valence-electron chi connectivity index (χ2n) is 8.56. The van der Waals surface area contributed by atoms with Gasteiger partial charge in [-0.2, -0.15) is 0 Å². The molecule has 4 rings (SSSR count). The standard InChI is InChI=1S/C20H32N2O11/c1-3-8(2)12-17(28)21-9(4-5-23)19(29)32-11-7-30-18(22-12)15(27)16(11)33-20-14(26)13(25)10(24)6-31-20/h5,8-16,18,20,22,24-27H,3-4,6-7H2,1-2H3,(H,21,28)/t8-,9-,10?,11?,12-,13?,14?,15?,16?,18?,20?/m0/s1. The highest BCUT2D eigenvalue weighted by Gasteiger charge is 2.49. The van der Waals surface area contributed by atoms with Crippen LogP contribution < -0.4 is 10.6 Å². The molecule has 0 aromatic carbocycles. The summed E-state index contributed by atoms with van der Waals surface area (Å²) >= 11 is 0. The molecule has 0 saturated carbocycles. The number of carbonyl (C=O) groups is 3. The first-order valence-corrected chi connectivity index (χ1v) is 11.0. The number of nitrogens with one attached hydrogen (secondary N) is 2. The number of aliphatic hydroxyl groups excluding tert-OH is 4. The van der Waals surface area contributed by atoms with E-state index in [-0.39, 0.29) is 25.6 Å². The van der Waals surface area contributed by atoms with Gasteiger partial charge in [-0.25, -0.2) is 4.79 Å². The zero-order valence-electron chi connectivity index (χ0n) is 18.4. The largest absolute Gasteiger partial charge is 0.455 e. The van der Waals surface area contributed by atoms with Crippen LogP contribution in [0.3, 0.4) is 0 Å². The number of carbonyl (C=O) groups excluding carboxylic acids is 3. The van der Waals surface area contributed by atoms with Gasteiger partial charge in [-0.1, -0.05) is 20.3 Å². The summed E-state index contributed by atoms with van der Waals surface area (Å²) in [6, 6.07) is -2.13. The lowest BCUT2D eigenvalue weighted by Crippen LogP contribution is -2.64. The first-order valence-electron chi connectivity index (χ1n) is 11.0. The van der Waals surface area contributed by atoms with Crippen molar-refractivity contribution < 1.29 is 53.8 Å². The molecule has 4 aliphatic heterocycles. The summed E-state index contributed by atoms with van der Waals surface area (Å²) in [5.41, 5.74) is 0. The fourth-order valence-electron chi connectivity index (χ4n) is 3.97. The minimum Gasteiger partial charge on any atom is -0.455 e. The molecule has 0 aromatic heterocycles. The number of amides is 1. The van der Waals surface area contributed by atoms with Crippen LogP contribution >= 0.6 is 0 Å². The van der Waals surface area contributed by atoms with Crippen molar-refractivity contribution in [2.45, 2.75) is 87.9 Å². The first kappa shape index (κ1) is 25.9. The van der Waals surface area contributed by atoms with E-state index in [2.05, 4.69) is 10.6 Å². The van der Waals surface area contributed by atoms with Crippen molar-refractivity contribution in [3.05, 3.63) is 0 Å². The maximum Gasteiger partial charge on any atom is 0.329 e. The van der Waals surface area contributed by atoms with Crippen molar-refractivity contribution in [1.82, 2.24) is 10.6 Å². The lowest BCUT2D eigenvalue weighted by molar-refractivity contribution is -0.317. The molecule has 6 N–H and O–H groups in total. The van der Waals surface area contributed by atoms with Gasteiger partial charge in [0.2, 0.25) is 5.91 Å². The van der Waals surface area contributed by atoms with Crippen LogP contribution in [0.25, 0.3) is 0 Å². The highest BCUT2D eigenvalue weighted by atomic mass is 16.7. The van der Waals surface area contributed by atoms with Gasteiger partial charge in [0.05, 0.1) is 19.3 Å². The van der Waals surface area contributed by atoms with Gasteiger partial charge >= 0.3 is 5.97 Å². The minimum atomic E-state index is -1.64. The van der Waals surface area contributed by atoms with Crippen LogP contribution in [-0.4, -0.2) is 113 Å². The third kappa shape index (κ3) is 5.69. The summed E-state index contributed by atoms with van der Waals surface area (Å²) in [4.78, 5) is 36.7. The Morgan fingerprint density at radius 1 is 1.12 bits per heavy atom. The first-order chi connectivity index (χ1) is 15.7. The van der Waals surface area contributed by atoms with Crippen LogP contribution in [0.2, 0.25) is 0 Å². The summed E-state index contributed by atoms with van der Waals surface area (Å²) in [7, 11) is 0. The number of esters is 1. The molecule has 13 heteroatoms. The lowest BCUT2D eigenvalue weighted by atomic mass is 9.96. The molecule has 0 spiro atoms. The topological polar surface area (TPSA) is 193 Å². The zero-order valence-corrected chi connectivity index (χ0v) is 18.4. The molecule has 4 saturated heterocycles. The molecule has 1 amide bonds. The molecule has 4 fully saturated rings. The average molecular weight is 476 g/mol. The molecule has 2 bridgehead atoms. The van der Waals surface area contributed by atoms with Crippen LogP contribution in [0, 0.1) is 5.92 Å². The zero-order chi connectivity index (χ0) is 24.3. The van der Waals surface area contributed by atoms with E-state index in [1.165, 1.54) is 0 Å². The SMILES string of the molecule is CC[C@H](C)[C@@H]1NC2OCC(OC(=O)[C@H](CC=O)NC1=O)C(OC1OCC(O)C(O)C1O)C2O. The van der Waals surface area contributed by atoms with Crippen LogP contribution in [0.4, 0.5) is 0 Å². The molecule has 11 atom stereocenters. The predicted octanol–water partition coefficient (Wildman–Crippen LogP) is -3.47. The summed E-state index contributed by atoms with van der Waals surface area (Å²) in [6.45, 7) is 3.11. The monoisotopic (exact) mass is 476 g/mol. The van der Waals surface area contributed by atoms with E-state index in [1.54, 1.807) is 6.92 Å². The van der Waals surface area contributed by atoms with E-state index in [0.717, 1.165) is 0 Å². The van der Waals surface area contributed by atoms with E-state index in [0.29, 0.717) is 12.7 Å². The van der Waals surface area contributed by atoms with E-state index in [9.17, 15) is 34.8 Å². The minimum absolute atomic E-state index is 0.228. The molecule has 0 aliphatic carbocycles. The summed E-state index contributed by atoms with van der Waals surface area (Å²) in [6.07, 6.45) is -10.3. The Balaban J connectivity index is 1.89. The number of ether oxygens (including phenoxy) is 4. The van der Waals surface area contributed by atoms with Gasteiger partial charge in [0, 0.05) is 6.42 Å². The summed E-state index contributed by atoms with van der Waals surface area (Å²) in [5.74, 6) is -1.71. The van der Waals surface area contributed by atoms with Crippen molar-refractivity contribution in [1.29, 1.82) is 0 Å². The second-order valence-corrected chi connectivity index (χ2v) is 8.56. The number of rotatable bonds is 6. The molecule has 0 aromatic rings. The Bertz CT molecular complexity index is 709. The molecule has 188 valence electrons. The van der Waals surface area contributed by atoms with Gasteiger partial charge in [-0.3, -0.25) is 10.1 Å². The fourth-order valence-corrected chi connectivity index (χ4v) is 3.97. The molecule has 0 radical (unpaired) electrons. The molecule has 4 aliphatic rings.